The lowest BCUT2D eigenvalue weighted by Gasteiger charge is -2.33. The molecule has 1 aliphatic heterocycles. The third-order valence-electron chi connectivity index (χ3n) is 7.02. The van der Waals surface area contributed by atoms with Gasteiger partial charge in [-0.15, -0.1) is 0 Å². The van der Waals surface area contributed by atoms with E-state index in [-0.39, 0.29) is 0 Å². The molecule has 5 aromatic rings. The minimum atomic E-state index is -1.39. The third kappa shape index (κ3) is 3.80. The molecular formula is C32H22O8. The summed E-state index contributed by atoms with van der Waals surface area (Å²) in [4.78, 5) is 37.4. The van der Waals surface area contributed by atoms with Gasteiger partial charge < -0.3 is 23.7 Å². The highest BCUT2D eigenvalue weighted by atomic mass is 16.7. The molecule has 6 rings (SSSR count). The van der Waals surface area contributed by atoms with E-state index in [0.29, 0.717) is 55.3 Å². The highest BCUT2D eigenvalue weighted by molar-refractivity contribution is 6.02. The van der Waals surface area contributed by atoms with Crippen LogP contribution >= 0.6 is 0 Å². The van der Waals surface area contributed by atoms with Gasteiger partial charge in [-0.1, -0.05) is 66.7 Å². The van der Waals surface area contributed by atoms with Crippen LogP contribution in [0.4, 0.5) is 9.59 Å². The monoisotopic (exact) mass is 534 g/mol. The van der Waals surface area contributed by atoms with Crippen molar-refractivity contribution < 1.29 is 38.1 Å². The summed E-state index contributed by atoms with van der Waals surface area (Å²) in [6.07, 6.45) is -1.70. The summed E-state index contributed by atoms with van der Waals surface area (Å²) in [5.41, 5.74) is 1.01. The zero-order valence-corrected chi connectivity index (χ0v) is 21.5. The number of ether oxygens (including phenoxy) is 5. The van der Waals surface area contributed by atoms with E-state index in [1.807, 2.05) is 60.7 Å². The van der Waals surface area contributed by atoms with Crippen LogP contribution in [0.1, 0.15) is 27.0 Å². The lowest BCUT2D eigenvalue weighted by molar-refractivity contribution is 0.0260. The topological polar surface area (TPSA) is 97.4 Å². The molecule has 0 bridgehead atoms. The predicted molar refractivity (Wildman–Crippen MR) is 146 cm³/mol. The fraction of sp³-hybridized carbons (Fsp3) is 0.0938. The molecule has 0 aliphatic carbocycles. The van der Waals surface area contributed by atoms with Gasteiger partial charge in [0.2, 0.25) is 0 Å². The maximum atomic E-state index is 13.4. The molecule has 8 heteroatoms. The van der Waals surface area contributed by atoms with Gasteiger partial charge in [-0.25, -0.2) is 14.4 Å². The number of benzene rings is 5. The molecule has 198 valence electrons. The van der Waals surface area contributed by atoms with Gasteiger partial charge in [0.15, 0.2) is 5.60 Å². The first-order valence-electron chi connectivity index (χ1n) is 12.4. The van der Waals surface area contributed by atoms with Crippen LogP contribution in [-0.2, 0) is 19.8 Å². The smallest absolute Gasteiger partial charge is 0.441 e. The van der Waals surface area contributed by atoms with Crippen molar-refractivity contribution in [2.45, 2.75) is 5.60 Å². The fourth-order valence-electron chi connectivity index (χ4n) is 5.36. The lowest BCUT2D eigenvalue weighted by Crippen LogP contribution is -2.30. The molecule has 0 atom stereocenters. The lowest BCUT2D eigenvalue weighted by atomic mass is 9.76. The van der Waals surface area contributed by atoms with Gasteiger partial charge in [0.05, 0.1) is 19.8 Å². The molecule has 0 fully saturated rings. The Bertz CT molecular complexity index is 1720. The van der Waals surface area contributed by atoms with E-state index in [1.54, 1.807) is 36.4 Å². The van der Waals surface area contributed by atoms with E-state index in [0.717, 1.165) is 0 Å². The summed E-state index contributed by atoms with van der Waals surface area (Å²) < 4.78 is 26.6. The van der Waals surface area contributed by atoms with Crippen LogP contribution in [0.25, 0.3) is 21.5 Å². The predicted octanol–water partition coefficient (Wildman–Crippen LogP) is 6.75. The maximum Gasteiger partial charge on any atom is 0.513 e. The highest BCUT2D eigenvalue weighted by Gasteiger charge is 2.50. The zero-order chi connectivity index (χ0) is 27.9. The van der Waals surface area contributed by atoms with E-state index < -0.39 is 23.9 Å². The van der Waals surface area contributed by atoms with E-state index in [9.17, 15) is 14.4 Å². The number of carbonyl (C=O) groups excluding carboxylic acids is 3. The molecule has 0 spiro atoms. The van der Waals surface area contributed by atoms with Crippen LogP contribution in [0, 0.1) is 0 Å². The quantitative estimate of drug-likeness (QED) is 0.142. The summed E-state index contributed by atoms with van der Waals surface area (Å²) in [5.74, 6) is 0.116. The minimum Gasteiger partial charge on any atom is -0.441 e. The largest absolute Gasteiger partial charge is 0.513 e. The van der Waals surface area contributed by atoms with Gasteiger partial charge in [-0.2, -0.15) is 0 Å². The Hall–Kier alpha value is -5.37. The molecule has 5 aromatic carbocycles. The standard InChI is InChI=1S/C32H22O8/c1-36-30(34)38-27-17-15-25(19-9-3-5-11-21(19)27)32(24-14-8-7-13-23(24)29(33)40-32)26-16-18-28(39-31(35)37-2)22-12-6-4-10-20(22)26/h3-18H,1-2H3. The SMILES string of the molecule is COC(=O)Oc1ccc(C2(c3ccc(OC(=O)OC)c4ccccc34)OC(=O)c3ccccc32)c2ccccc12. The minimum absolute atomic E-state index is 0.297. The second-order valence-corrected chi connectivity index (χ2v) is 9.04. The molecule has 0 amide bonds. The Kier molecular flexibility index (Phi) is 6.07. The molecule has 0 N–H and O–H groups in total. The number of fused-ring (bicyclic) bond motifs is 3. The van der Waals surface area contributed by atoms with Crippen LogP contribution in [-0.4, -0.2) is 32.5 Å². The first-order chi connectivity index (χ1) is 19.5. The van der Waals surface area contributed by atoms with E-state index in [2.05, 4.69) is 0 Å². The van der Waals surface area contributed by atoms with Crippen LogP contribution in [0.3, 0.4) is 0 Å². The van der Waals surface area contributed by atoms with Crippen molar-refractivity contribution in [2.75, 3.05) is 14.2 Å². The van der Waals surface area contributed by atoms with Gasteiger partial charge in [-0.3, -0.25) is 0 Å². The summed E-state index contributed by atoms with van der Waals surface area (Å²) in [7, 11) is 2.48. The number of methoxy groups -OCH3 is 2. The van der Waals surface area contributed by atoms with Crippen molar-refractivity contribution >= 4 is 39.8 Å². The van der Waals surface area contributed by atoms with E-state index in [1.165, 1.54) is 14.2 Å². The molecule has 1 heterocycles. The Balaban J connectivity index is 1.69. The van der Waals surface area contributed by atoms with Gasteiger partial charge in [0, 0.05) is 27.5 Å². The molecule has 1 aliphatic rings. The third-order valence-corrected chi connectivity index (χ3v) is 7.02. The summed E-state index contributed by atoms with van der Waals surface area (Å²) in [5, 5.41) is 2.65. The molecule has 0 unspecified atom stereocenters. The first-order valence-corrected chi connectivity index (χ1v) is 12.4. The van der Waals surface area contributed by atoms with Crippen LogP contribution in [0.5, 0.6) is 11.5 Å². The Morgan fingerprint density at radius 2 is 1.02 bits per heavy atom. The number of hydrogen-bond donors (Lipinski definition) is 0. The summed E-state index contributed by atoms with van der Waals surface area (Å²) in [6, 6.07) is 28.9. The van der Waals surface area contributed by atoms with Crippen molar-refractivity contribution in [1.29, 1.82) is 0 Å². The van der Waals surface area contributed by atoms with Gasteiger partial charge in [0.25, 0.3) is 0 Å². The average molecular weight is 535 g/mol. The van der Waals surface area contributed by atoms with Crippen molar-refractivity contribution in [2.24, 2.45) is 0 Å². The number of esters is 1. The molecule has 0 radical (unpaired) electrons. The fourth-order valence-corrected chi connectivity index (χ4v) is 5.36. The molecule has 40 heavy (non-hydrogen) atoms. The van der Waals surface area contributed by atoms with Crippen LogP contribution in [0.2, 0.25) is 0 Å². The van der Waals surface area contributed by atoms with Crippen molar-refractivity contribution in [3.05, 3.63) is 119 Å². The normalized spacial score (nSPS) is 13.4. The maximum absolute atomic E-state index is 13.4. The number of rotatable bonds is 4. The molecular weight excluding hydrogens is 512 g/mol. The van der Waals surface area contributed by atoms with Crippen molar-refractivity contribution in [3.63, 3.8) is 0 Å². The number of carbonyl (C=O) groups is 3. The first kappa shape index (κ1) is 24.9. The van der Waals surface area contributed by atoms with Crippen LogP contribution in [0.15, 0.2) is 97.1 Å². The summed E-state index contributed by atoms with van der Waals surface area (Å²) >= 11 is 0. The second-order valence-electron chi connectivity index (χ2n) is 9.04. The van der Waals surface area contributed by atoms with Crippen molar-refractivity contribution in [3.8, 4) is 11.5 Å². The highest BCUT2D eigenvalue weighted by Crippen LogP contribution is 2.52. The molecule has 0 saturated carbocycles. The van der Waals surface area contributed by atoms with Gasteiger partial charge >= 0.3 is 18.3 Å². The molecule has 8 nitrogen and oxygen atoms in total. The second kappa shape index (κ2) is 9.74. The summed E-state index contributed by atoms with van der Waals surface area (Å²) in [6.45, 7) is 0. The van der Waals surface area contributed by atoms with E-state index >= 15 is 0 Å². The average Bonchev–Trinajstić information content (AvgIpc) is 3.30. The zero-order valence-electron chi connectivity index (χ0n) is 21.5. The molecule has 0 aromatic heterocycles. The van der Waals surface area contributed by atoms with Gasteiger partial charge in [0.1, 0.15) is 11.5 Å². The van der Waals surface area contributed by atoms with Gasteiger partial charge in [-0.05, 0) is 41.1 Å². The van der Waals surface area contributed by atoms with E-state index in [4.69, 9.17) is 23.7 Å². The Morgan fingerprint density at radius 3 is 1.52 bits per heavy atom. The Labute approximate surface area is 228 Å². The van der Waals surface area contributed by atoms with Crippen LogP contribution < -0.4 is 9.47 Å². The van der Waals surface area contributed by atoms with Crippen molar-refractivity contribution in [1.82, 2.24) is 0 Å². The number of cyclic esters (lactones) is 1. The number of hydrogen-bond acceptors (Lipinski definition) is 8. The Morgan fingerprint density at radius 1 is 0.575 bits per heavy atom. The molecule has 0 saturated heterocycles.